The maximum atomic E-state index is 13.6. The van der Waals surface area contributed by atoms with E-state index >= 15 is 0 Å². The lowest BCUT2D eigenvalue weighted by Gasteiger charge is -2.53. The molecule has 1 unspecified atom stereocenters. The minimum atomic E-state index is -0.966. The van der Waals surface area contributed by atoms with Crippen LogP contribution in [0.3, 0.4) is 0 Å². The van der Waals surface area contributed by atoms with Crippen molar-refractivity contribution in [3.05, 3.63) is 107 Å². The molecule has 2 saturated heterocycles. The highest BCUT2D eigenvalue weighted by Gasteiger charge is 2.45. The van der Waals surface area contributed by atoms with Crippen LogP contribution in [0.25, 0.3) is 10.6 Å². The number of carbonyl (C=O) groups excluding carboxylic acids is 2. The van der Waals surface area contributed by atoms with Crippen LogP contribution in [0.2, 0.25) is 0 Å². The third-order valence-corrected chi connectivity index (χ3v) is 10.9. The van der Waals surface area contributed by atoms with Gasteiger partial charge in [0.25, 0.3) is 11.8 Å². The second kappa shape index (κ2) is 13.2. The molecule has 1 atom stereocenters. The van der Waals surface area contributed by atoms with E-state index in [0.29, 0.717) is 46.2 Å². The van der Waals surface area contributed by atoms with Crippen LogP contribution >= 0.6 is 11.3 Å². The van der Waals surface area contributed by atoms with Crippen LogP contribution in [0.1, 0.15) is 55.8 Å². The van der Waals surface area contributed by atoms with E-state index in [1.54, 1.807) is 36.8 Å². The van der Waals surface area contributed by atoms with Crippen LogP contribution in [-0.4, -0.2) is 69.7 Å². The average Bonchev–Trinajstić information content (AvgIpc) is 3.50. The smallest absolute Gasteiger partial charge is 0.268 e. The number of nitrogens with zero attached hydrogens (tertiary/aromatic N) is 6. The summed E-state index contributed by atoms with van der Waals surface area (Å²) >= 11 is 1.36. The predicted molar refractivity (Wildman–Crippen MR) is 192 cm³/mol. The van der Waals surface area contributed by atoms with Crippen LogP contribution < -0.4 is 20.4 Å². The number of hydrogen-bond donors (Lipinski definition) is 3. The molecule has 13 heteroatoms. The number of thiophene rings is 1. The van der Waals surface area contributed by atoms with Gasteiger partial charge in [-0.3, -0.25) is 19.9 Å². The van der Waals surface area contributed by atoms with Crippen molar-refractivity contribution >= 4 is 46.3 Å². The van der Waals surface area contributed by atoms with E-state index in [0.717, 1.165) is 60.8 Å². The Balaban J connectivity index is 0.971. The second-order valence-corrected chi connectivity index (χ2v) is 14.2. The number of aliphatic hydroxyl groups is 1. The Morgan fingerprint density at radius 1 is 0.940 bits per heavy atom. The van der Waals surface area contributed by atoms with Crippen molar-refractivity contribution in [2.24, 2.45) is 5.41 Å². The summed E-state index contributed by atoms with van der Waals surface area (Å²) in [5, 5.41) is 17.5. The van der Waals surface area contributed by atoms with Crippen molar-refractivity contribution in [1.29, 1.82) is 0 Å². The minimum absolute atomic E-state index is 0.222. The molecule has 0 bridgehead atoms. The van der Waals surface area contributed by atoms with Gasteiger partial charge in [-0.05, 0) is 79.8 Å². The summed E-state index contributed by atoms with van der Waals surface area (Å²) in [6.07, 6.45) is 8.38. The summed E-state index contributed by atoms with van der Waals surface area (Å²) in [7, 11) is 0. The third-order valence-electron chi connectivity index (χ3n) is 9.67. The van der Waals surface area contributed by atoms with Gasteiger partial charge in [-0.25, -0.2) is 15.0 Å². The molecule has 0 saturated carbocycles. The molecule has 7 heterocycles. The molecule has 3 N–H and O–H groups in total. The Morgan fingerprint density at radius 2 is 1.70 bits per heavy atom. The van der Waals surface area contributed by atoms with Gasteiger partial charge in [0, 0.05) is 74.3 Å². The largest absolute Gasteiger partial charge is 0.381 e. The van der Waals surface area contributed by atoms with Crippen molar-refractivity contribution in [3.8, 4) is 10.6 Å². The lowest BCUT2D eigenvalue weighted by atomic mass is 9.73. The van der Waals surface area contributed by atoms with Crippen molar-refractivity contribution in [2.75, 3.05) is 53.3 Å². The molecule has 0 radical (unpaired) electrons. The Labute approximate surface area is 293 Å². The third kappa shape index (κ3) is 6.19. The van der Waals surface area contributed by atoms with Gasteiger partial charge in [-0.2, -0.15) is 0 Å². The van der Waals surface area contributed by atoms with Crippen LogP contribution in [0.4, 0.5) is 23.1 Å². The highest BCUT2D eigenvalue weighted by Crippen LogP contribution is 2.44. The Morgan fingerprint density at radius 3 is 2.48 bits per heavy atom. The monoisotopic (exact) mass is 688 g/mol. The zero-order valence-electron chi connectivity index (χ0n) is 27.5. The maximum absolute atomic E-state index is 13.6. The standard InChI is InChI=1S/C37H36N8O4S/c1-23-18-27(32(41-20-23)44-21-37(22-44)10-16-49-17-11-37)33(46)42-26-7-5-24(6-8-26)35(48)45-15-9-25-19-29(34(47)43-36-39-13-3-14-40-36)50-31(25)30-28(45)4-2-12-38-30/h2-8,12-14,18-20,35,48H,9-11,15-17,21-22H2,1H3,(H,42,46)(H,39,40,43,47). The number of carbonyl (C=O) groups is 2. The molecular weight excluding hydrogens is 653 g/mol. The summed E-state index contributed by atoms with van der Waals surface area (Å²) in [5.74, 6) is 0.443. The van der Waals surface area contributed by atoms with E-state index in [-0.39, 0.29) is 23.2 Å². The lowest BCUT2D eigenvalue weighted by Crippen LogP contribution is -2.59. The Hall–Kier alpha value is -5.24. The fourth-order valence-corrected chi connectivity index (χ4v) is 8.12. The Kier molecular flexibility index (Phi) is 8.47. The number of aliphatic hydroxyl groups excluding tert-OH is 1. The highest BCUT2D eigenvalue weighted by molar-refractivity contribution is 7.17. The van der Waals surface area contributed by atoms with Gasteiger partial charge in [0.15, 0.2) is 6.23 Å². The van der Waals surface area contributed by atoms with E-state index in [9.17, 15) is 14.7 Å². The molecule has 12 nitrogen and oxygen atoms in total. The van der Waals surface area contributed by atoms with E-state index in [4.69, 9.17) is 4.74 Å². The van der Waals surface area contributed by atoms with E-state index in [1.165, 1.54) is 11.3 Å². The highest BCUT2D eigenvalue weighted by atomic mass is 32.1. The molecule has 1 aromatic carbocycles. The molecule has 5 aromatic rings. The number of aryl methyl sites for hydroxylation is 1. The molecule has 0 aliphatic carbocycles. The van der Waals surface area contributed by atoms with Gasteiger partial charge in [-0.15, -0.1) is 11.3 Å². The molecule has 1 spiro atoms. The van der Waals surface area contributed by atoms with Crippen LogP contribution in [0, 0.1) is 12.3 Å². The average molecular weight is 689 g/mol. The number of pyridine rings is 2. The predicted octanol–water partition coefficient (Wildman–Crippen LogP) is 5.48. The number of anilines is 4. The molecule has 3 aliphatic heterocycles. The zero-order chi connectivity index (χ0) is 34.2. The number of hydrogen-bond acceptors (Lipinski definition) is 11. The summed E-state index contributed by atoms with van der Waals surface area (Å²) < 4.78 is 5.57. The summed E-state index contributed by atoms with van der Waals surface area (Å²) in [6, 6.07) is 16.5. The molecule has 2 fully saturated rings. The number of fused-ring (bicyclic) bond motifs is 3. The zero-order valence-corrected chi connectivity index (χ0v) is 28.3. The van der Waals surface area contributed by atoms with Gasteiger partial charge in [0.05, 0.1) is 21.0 Å². The van der Waals surface area contributed by atoms with Crippen LogP contribution in [0.15, 0.2) is 79.4 Å². The summed E-state index contributed by atoms with van der Waals surface area (Å²) in [6.45, 7) is 5.77. The topological polar surface area (TPSA) is 146 Å². The van der Waals surface area contributed by atoms with Crippen LogP contribution in [0.5, 0.6) is 0 Å². The molecule has 4 aromatic heterocycles. The lowest BCUT2D eigenvalue weighted by molar-refractivity contribution is -0.000510. The van der Waals surface area contributed by atoms with Crippen molar-refractivity contribution in [3.63, 3.8) is 0 Å². The summed E-state index contributed by atoms with van der Waals surface area (Å²) in [5.41, 5.74) is 5.46. The van der Waals surface area contributed by atoms with Crippen molar-refractivity contribution in [1.82, 2.24) is 19.9 Å². The quantitative estimate of drug-likeness (QED) is 0.201. The maximum Gasteiger partial charge on any atom is 0.268 e. The van der Waals surface area contributed by atoms with Crippen molar-refractivity contribution in [2.45, 2.75) is 32.4 Å². The number of aromatic nitrogens is 4. The molecule has 254 valence electrons. The van der Waals surface area contributed by atoms with Gasteiger partial charge >= 0.3 is 0 Å². The minimum Gasteiger partial charge on any atom is -0.381 e. The SMILES string of the molecule is Cc1cnc(N2CC3(CCOCC3)C2)c(C(=O)Nc2ccc(C(O)N3CCc4cc(C(=O)Nc5ncccn5)sc4-c4ncccc43)cc2)c1. The van der Waals surface area contributed by atoms with Gasteiger partial charge in [-0.1, -0.05) is 12.1 Å². The first-order valence-corrected chi connectivity index (χ1v) is 17.5. The number of rotatable bonds is 7. The molecular formula is C37H36N8O4S. The Bertz CT molecular complexity index is 2040. The van der Waals surface area contributed by atoms with E-state index in [2.05, 4.69) is 35.5 Å². The molecule has 50 heavy (non-hydrogen) atoms. The summed E-state index contributed by atoms with van der Waals surface area (Å²) in [4.78, 5) is 49.7. The van der Waals surface area contributed by atoms with Crippen LogP contribution in [-0.2, 0) is 11.2 Å². The van der Waals surface area contributed by atoms with Gasteiger partial charge in [0.2, 0.25) is 5.95 Å². The molecule has 8 rings (SSSR count). The number of benzene rings is 1. The first-order valence-electron chi connectivity index (χ1n) is 16.7. The van der Waals surface area contributed by atoms with Gasteiger partial charge < -0.3 is 25.0 Å². The normalized spacial score (nSPS) is 16.8. The molecule has 3 aliphatic rings. The number of nitrogens with one attached hydrogen (secondary N) is 2. The van der Waals surface area contributed by atoms with Gasteiger partial charge in [0.1, 0.15) is 11.5 Å². The fraction of sp³-hybridized carbons (Fsp3) is 0.297. The van der Waals surface area contributed by atoms with E-state index in [1.807, 2.05) is 54.4 Å². The fourth-order valence-electron chi connectivity index (χ4n) is 7.00. The number of ether oxygens (including phenoxy) is 1. The number of amides is 2. The second-order valence-electron chi connectivity index (χ2n) is 13.1. The van der Waals surface area contributed by atoms with E-state index < -0.39 is 6.23 Å². The first kappa shape index (κ1) is 32.0. The van der Waals surface area contributed by atoms with Crippen molar-refractivity contribution < 1.29 is 19.4 Å². The molecule has 2 amide bonds. The first-order chi connectivity index (χ1) is 24.4.